The van der Waals surface area contributed by atoms with Crippen molar-refractivity contribution in [2.45, 2.75) is 52.0 Å². The number of rotatable bonds is 11. The molecule has 2 aromatic rings. The summed E-state index contributed by atoms with van der Waals surface area (Å²) < 4.78 is 5.25. The number of hydrogen-bond donors (Lipinski definition) is 1. The Balaban J connectivity index is 1.97. The van der Waals surface area contributed by atoms with Crippen LogP contribution in [0.5, 0.6) is 5.75 Å². The SMILES string of the molecule is CCCCC/C(=C\C=C\C(=O)N[C@H](C)Cc1cccnc1)c1ccc(OC)cc1. The molecule has 0 spiro atoms. The molecule has 0 aliphatic heterocycles. The Labute approximate surface area is 174 Å². The fourth-order valence-corrected chi connectivity index (χ4v) is 3.16. The Bertz CT molecular complexity index is 795. The van der Waals surface area contributed by atoms with E-state index < -0.39 is 0 Å². The van der Waals surface area contributed by atoms with Gasteiger partial charge in [0, 0.05) is 24.5 Å². The first-order chi connectivity index (χ1) is 14.1. The fourth-order valence-electron chi connectivity index (χ4n) is 3.16. The van der Waals surface area contributed by atoms with Crippen molar-refractivity contribution in [2.75, 3.05) is 7.11 Å². The van der Waals surface area contributed by atoms with Gasteiger partial charge >= 0.3 is 0 Å². The maximum atomic E-state index is 12.2. The molecule has 4 heteroatoms. The van der Waals surface area contributed by atoms with Crippen molar-refractivity contribution in [1.29, 1.82) is 0 Å². The second-order valence-electron chi connectivity index (χ2n) is 7.21. The minimum absolute atomic E-state index is 0.0472. The van der Waals surface area contributed by atoms with Gasteiger partial charge in [0.15, 0.2) is 0 Å². The van der Waals surface area contributed by atoms with E-state index in [1.165, 1.54) is 18.4 Å². The first kappa shape index (κ1) is 22.4. The summed E-state index contributed by atoms with van der Waals surface area (Å²) in [6.45, 7) is 4.20. The third-order valence-corrected chi connectivity index (χ3v) is 4.71. The number of nitrogens with one attached hydrogen (secondary N) is 1. The van der Waals surface area contributed by atoms with E-state index in [0.717, 1.165) is 36.1 Å². The lowest BCUT2D eigenvalue weighted by atomic mass is 9.99. The van der Waals surface area contributed by atoms with Crippen molar-refractivity contribution in [3.8, 4) is 5.75 Å². The van der Waals surface area contributed by atoms with Crippen molar-refractivity contribution in [3.05, 3.63) is 78.1 Å². The van der Waals surface area contributed by atoms with Gasteiger partial charge in [0.1, 0.15) is 5.75 Å². The third-order valence-electron chi connectivity index (χ3n) is 4.71. The number of benzene rings is 1. The number of methoxy groups -OCH3 is 1. The minimum Gasteiger partial charge on any atom is -0.497 e. The van der Waals surface area contributed by atoms with E-state index in [2.05, 4.69) is 29.4 Å². The molecule has 4 nitrogen and oxygen atoms in total. The van der Waals surface area contributed by atoms with Crippen LogP contribution in [0.4, 0.5) is 0 Å². The second kappa shape index (κ2) is 12.6. The van der Waals surface area contributed by atoms with Crippen LogP contribution in [0.25, 0.3) is 5.57 Å². The van der Waals surface area contributed by atoms with E-state index in [9.17, 15) is 4.79 Å². The van der Waals surface area contributed by atoms with E-state index in [-0.39, 0.29) is 11.9 Å². The Morgan fingerprint density at radius 3 is 2.66 bits per heavy atom. The Morgan fingerprint density at radius 2 is 2.00 bits per heavy atom. The lowest BCUT2D eigenvalue weighted by Gasteiger charge is -2.12. The van der Waals surface area contributed by atoms with E-state index in [4.69, 9.17) is 4.74 Å². The molecule has 0 aliphatic rings. The van der Waals surface area contributed by atoms with Crippen molar-refractivity contribution in [2.24, 2.45) is 0 Å². The van der Waals surface area contributed by atoms with Crippen LogP contribution in [0.15, 0.2) is 67.0 Å². The molecule has 0 aliphatic carbocycles. The molecule has 2 rings (SSSR count). The standard InChI is InChI=1S/C25H32N2O2/c1-4-5-6-10-22(23-13-15-24(29-3)16-14-23)11-7-12-25(28)27-20(2)18-21-9-8-17-26-19-21/h7-9,11-17,19-20H,4-6,10,18H2,1-3H3,(H,27,28)/b12-7+,22-11+/t20-/m1/s1. The molecule has 1 heterocycles. The van der Waals surface area contributed by atoms with Crippen LogP contribution in [0.2, 0.25) is 0 Å². The Kier molecular flexibility index (Phi) is 9.70. The number of pyridine rings is 1. The number of hydrogen-bond acceptors (Lipinski definition) is 3. The molecule has 1 aromatic heterocycles. The maximum absolute atomic E-state index is 12.2. The van der Waals surface area contributed by atoms with Crippen LogP contribution in [0, 0.1) is 0 Å². The molecule has 0 fully saturated rings. The van der Waals surface area contributed by atoms with Crippen LogP contribution in [0.3, 0.4) is 0 Å². The summed E-state index contributed by atoms with van der Waals surface area (Å²) in [6, 6.07) is 12.1. The zero-order valence-electron chi connectivity index (χ0n) is 17.7. The number of aromatic nitrogens is 1. The van der Waals surface area contributed by atoms with E-state index in [0.29, 0.717) is 0 Å². The number of carbonyl (C=O) groups excluding carboxylic acids is 1. The highest BCUT2D eigenvalue weighted by Crippen LogP contribution is 2.23. The second-order valence-corrected chi connectivity index (χ2v) is 7.21. The summed E-state index contributed by atoms with van der Waals surface area (Å²) in [7, 11) is 1.67. The van der Waals surface area contributed by atoms with Crippen molar-refractivity contribution in [3.63, 3.8) is 0 Å². The molecular formula is C25H32N2O2. The molecular weight excluding hydrogens is 360 g/mol. The van der Waals surface area contributed by atoms with Gasteiger partial charge in [-0.3, -0.25) is 9.78 Å². The normalized spacial score (nSPS) is 12.7. The highest BCUT2D eigenvalue weighted by Gasteiger charge is 2.06. The van der Waals surface area contributed by atoms with Crippen LogP contribution >= 0.6 is 0 Å². The average molecular weight is 393 g/mol. The van der Waals surface area contributed by atoms with Gasteiger partial charge in [-0.2, -0.15) is 0 Å². The first-order valence-electron chi connectivity index (χ1n) is 10.3. The van der Waals surface area contributed by atoms with Crippen LogP contribution in [-0.4, -0.2) is 24.0 Å². The molecule has 0 radical (unpaired) electrons. The molecule has 0 unspecified atom stereocenters. The van der Waals surface area contributed by atoms with Gasteiger partial charge in [0.25, 0.3) is 0 Å². The smallest absolute Gasteiger partial charge is 0.244 e. The number of carbonyl (C=O) groups is 1. The summed E-state index contributed by atoms with van der Waals surface area (Å²) in [4.78, 5) is 16.4. The quantitative estimate of drug-likeness (QED) is 0.318. The zero-order valence-corrected chi connectivity index (χ0v) is 17.7. The summed E-state index contributed by atoms with van der Waals surface area (Å²) in [5, 5.41) is 3.01. The average Bonchev–Trinajstić information content (AvgIpc) is 2.73. The number of allylic oxidation sites excluding steroid dienone is 3. The molecule has 1 aromatic carbocycles. The Morgan fingerprint density at radius 1 is 1.21 bits per heavy atom. The monoisotopic (exact) mass is 392 g/mol. The number of amides is 1. The van der Waals surface area contributed by atoms with Crippen LogP contribution in [-0.2, 0) is 11.2 Å². The molecule has 0 saturated heterocycles. The largest absolute Gasteiger partial charge is 0.497 e. The van der Waals surface area contributed by atoms with Crippen LogP contribution < -0.4 is 10.1 Å². The molecule has 29 heavy (non-hydrogen) atoms. The van der Waals surface area contributed by atoms with Crippen molar-refractivity contribution < 1.29 is 9.53 Å². The molecule has 1 amide bonds. The van der Waals surface area contributed by atoms with Gasteiger partial charge < -0.3 is 10.1 Å². The predicted molar refractivity (Wildman–Crippen MR) is 120 cm³/mol. The van der Waals surface area contributed by atoms with Gasteiger partial charge in [-0.1, -0.05) is 50.1 Å². The van der Waals surface area contributed by atoms with E-state index >= 15 is 0 Å². The molecule has 0 bridgehead atoms. The minimum atomic E-state index is -0.0831. The van der Waals surface area contributed by atoms with E-state index in [1.54, 1.807) is 19.4 Å². The lowest BCUT2D eigenvalue weighted by molar-refractivity contribution is -0.117. The molecule has 154 valence electrons. The highest BCUT2D eigenvalue weighted by atomic mass is 16.5. The lowest BCUT2D eigenvalue weighted by Crippen LogP contribution is -2.32. The summed E-state index contributed by atoms with van der Waals surface area (Å²) in [5.74, 6) is 0.763. The van der Waals surface area contributed by atoms with E-state index in [1.807, 2.05) is 49.5 Å². The van der Waals surface area contributed by atoms with Gasteiger partial charge in [-0.15, -0.1) is 0 Å². The van der Waals surface area contributed by atoms with Gasteiger partial charge in [0.2, 0.25) is 5.91 Å². The highest BCUT2D eigenvalue weighted by molar-refractivity contribution is 5.88. The number of nitrogens with zero attached hydrogens (tertiary/aromatic N) is 1. The number of ether oxygens (including phenoxy) is 1. The summed E-state index contributed by atoms with van der Waals surface area (Å²) >= 11 is 0. The van der Waals surface area contributed by atoms with Crippen molar-refractivity contribution >= 4 is 11.5 Å². The van der Waals surface area contributed by atoms with Gasteiger partial charge in [0.05, 0.1) is 7.11 Å². The predicted octanol–water partition coefficient (Wildman–Crippen LogP) is 5.36. The summed E-state index contributed by atoms with van der Waals surface area (Å²) in [6.07, 6.45) is 14.3. The number of unbranched alkanes of at least 4 members (excludes halogenated alkanes) is 2. The third kappa shape index (κ3) is 8.34. The summed E-state index contributed by atoms with van der Waals surface area (Å²) in [5.41, 5.74) is 3.51. The van der Waals surface area contributed by atoms with Crippen molar-refractivity contribution in [1.82, 2.24) is 10.3 Å². The molecule has 1 N–H and O–H groups in total. The zero-order chi connectivity index (χ0) is 20.9. The molecule has 0 saturated carbocycles. The van der Waals surface area contributed by atoms with Gasteiger partial charge in [-0.25, -0.2) is 0 Å². The molecule has 1 atom stereocenters. The fraction of sp³-hybridized carbons (Fsp3) is 0.360. The van der Waals surface area contributed by atoms with Gasteiger partial charge in [-0.05, 0) is 61.1 Å². The Hall–Kier alpha value is -2.88. The first-order valence-corrected chi connectivity index (χ1v) is 10.3. The topological polar surface area (TPSA) is 51.2 Å². The maximum Gasteiger partial charge on any atom is 0.244 e. The van der Waals surface area contributed by atoms with Crippen LogP contribution in [0.1, 0.15) is 50.7 Å².